The molecule has 0 spiro atoms. The molecule has 0 saturated heterocycles. The Morgan fingerprint density at radius 2 is 1.95 bits per heavy atom. The van der Waals surface area contributed by atoms with Crippen LogP contribution in [0.25, 0.3) is 0 Å². The number of ether oxygens (including phenoxy) is 1. The highest BCUT2D eigenvalue weighted by Crippen LogP contribution is 2.24. The van der Waals surface area contributed by atoms with E-state index < -0.39 is 31.1 Å². The van der Waals surface area contributed by atoms with Gasteiger partial charge in [-0.3, -0.25) is 0 Å². The van der Waals surface area contributed by atoms with Crippen LogP contribution < -0.4 is 5.32 Å². The molecule has 1 unspecified atom stereocenters. The van der Waals surface area contributed by atoms with E-state index in [9.17, 15) is 17.6 Å². The highest BCUT2D eigenvalue weighted by Gasteiger charge is 2.27. The molecule has 1 N–H and O–H groups in total. The maximum Gasteiger partial charge on any atom is 0.391 e. The Labute approximate surface area is 116 Å². The molecule has 0 aliphatic carbocycles. The largest absolute Gasteiger partial charge is 0.391 e. The maximum atomic E-state index is 13.7. The molecule has 0 aromatic heterocycles. The Morgan fingerprint density at radius 3 is 2.55 bits per heavy atom. The van der Waals surface area contributed by atoms with Gasteiger partial charge in [-0.1, -0.05) is 25.1 Å². The highest BCUT2D eigenvalue weighted by atomic mass is 19.4. The van der Waals surface area contributed by atoms with Gasteiger partial charge in [-0.25, -0.2) is 4.39 Å². The van der Waals surface area contributed by atoms with Crippen molar-refractivity contribution in [1.29, 1.82) is 0 Å². The molecule has 20 heavy (non-hydrogen) atoms. The van der Waals surface area contributed by atoms with E-state index in [-0.39, 0.29) is 12.1 Å². The predicted molar refractivity (Wildman–Crippen MR) is 68.9 cm³/mol. The molecule has 1 aromatic rings. The van der Waals surface area contributed by atoms with Crippen molar-refractivity contribution in [1.82, 2.24) is 5.32 Å². The van der Waals surface area contributed by atoms with Crippen LogP contribution in [0.4, 0.5) is 17.6 Å². The van der Waals surface area contributed by atoms with Crippen molar-refractivity contribution in [3.63, 3.8) is 0 Å². The molecule has 6 heteroatoms. The van der Waals surface area contributed by atoms with Gasteiger partial charge in [0.05, 0.1) is 19.1 Å². The molecule has 1 rings (SSSR count). The van der Waals surface area contributed by atoms with E-state index in [0.717, 1.165) is 6.42 Å². The van der Waals surface area contributed by atoms with E-state index in [4.69, 9.17) is 4.74 Å². The number of benzene rings is 1. The van der Waals surface area contributed by atoms with E-state index in [1.54, 1.807) is 6.07 Å². The summed E-state index contributed by atoms with van der Waals surface area (Å²) < 4.78 is 55.3. The van der Waals surface area contributed by atoms with Gasteiger partial charge in [-0.15, -0.1) is 0 Å². The fourth-order valence-corrected chi connectivity index (χ4v) is 1.72. The van der Waals surface area contributed by atoms with Crippen LogP contribution in [0.15, 0.2) is 24.3 Å². The monoisotopic (exact) mass is 293 g/mol. The molecule has 0 bridgehead atoms. The quantitative estimate of drug-likeness (QED) is 0.581. The van der Waals surface area contributed by atoms with Crippen molar-refractivity contribution in [2.24, 2.45) is 0 Å². The molecule has 0 heterocycles. The van der Waals surface area contributed by atoms with Crippen LogP contribution in [0.1, 0.15) is 31.4 Å². The third-order valence-corrected chi connectivity index (χ3v) is 2.71. The standard InChI is InChI=1S/C14H19F4NO/c1-2-8-19-10-13(20-9-7-14(16,17)18)11-5-3-4-6-12(11)15/h3-6,13,19H,2,7-10H2,1H3. The van der Waals surface area contributed by atoms with Gasteiger partial charge in [0.2, 0.25) is 0 Å². The SMILES string of the molecule is CCCNCC(OCCC(F)(F)F)c1ccccc1F. The van der Waals surface area contributed by atoms with E-state index >= 15 is 0 Å². The van der Waals surface area contributed by atoms with E-state index in [0.29, 0.717) is 6.54 Å². The van der Waals surface area contributed by atoms with Crippen LogP contribution in [0, 0.1) is 5.82 Å². The molecular weight excluding hydrogens is 274 g/mol. The first-order valence-corrected chi connectivity index (χ1v) is 6.57. The van der Waals surface area contributed by atoms with Gasteiger partial charge in [0.25, 0.3) is 0 Å². The first-order chi connectivity index (χ1) is 9.44. The first kappa shape index (κ1) is 16.9. The van der Waals surface area contributed by atoms with Crippen LogP contribution in [0.5, 0.6) is 0 Å². The Morgan fingerprint density at radius 1 is 1.25 bits per heavy atom. The fraction of sp³-hybridized carbons (Fsp3) is 0.571. The number of hydrogen-bond donors (Lipinski definition) is 1. The minimum Gasteiger partial charge on any atom is -0.372 e. The van der Waals surface area contributed by atoms with Gasteiger partial charge in [-0.05, 0) is 19.0 Å². The zero-order chi connectivity index (χ0) is 15.0. The van der Waals surface area contributed by atoms with E-state index in [1.165, 1.54) is 18.2 Å². The number of halogens is 4. The van der Waals surface area contributed by atoms with Gasteiger partial charge in [0.15, 0.2) is 0 Å². The van der Waals surface area contributed by atoms with Gasteiger partial charge < -0.3 is 10.1 Å². The number of rotatable bonds is 8. The molecule has 114 valence electrons. The second-order valence-electron chi connectivity index (χ2n) is 4.45. The van der Waals surface area contributed by atoms with Crippen molar-refractivity contribution < 1.29 is 22.3 Å². The van der Waals surface area contributed by atoms with Gasteiger partial charge in [0.1, 0.15) is 5.82 Å². The van der Waals surface area contributed by atoms with E-state index in [1.807, 2.05) is 6.92 Å². The van der Waals surface area contributed by atoms with Crippen LogP contribution in [0.3, 0.4) is 0 Å². The van der Waals surface area contributed by atoms with Crippen molar-refractivity contribution in [3.8, 4) is 0 Å². The molecule has 1 atom stereocenters. The van der Waals surface area contributed by atoms with Crippen LogP contribution in [0.2, 0.25) is 0 Å². The Balaban J connectivity index is 2.63. The summed E-state index contributed by atoms with van der Waals surface area (Å²) in [6, 6.07) is 5.97. The van der Waals surface area contributed by atoms with Crippen molar-refractivity contribution >= 4 is 0 Å². The minimum absolute atomic E-state index is 0.276. The first-order valence-electron chi connectivity index (χ1n) is 6.57. The number of hydrogen-bond acceptors (Lipinski definition) is 2. The second kappa shape index (κ2) is 8.21. The predicted octanol–water partition coefficient (Wildman–Crippen LogP) is 3.84. The van der Waals surface area contributed by atoms with Crippen molar-refractivity contribution in [2.45, 2.75) is 32.0 Å². The zero-order valence-electron chi connectivity index (χ0n) is 11.3. The maximum absolute atomic E-state index is 13.7. The summed E-state index contributed by atoms with van der Waals surface area (Å²) in [7, 11) is 0. The van der Waals surface area contributed by atoms with Crippen LogP contribution in [-0.2, 0) is 4.74 Å². The minimum atomic E-state index is -4.27. The lowest BCUT2D eigenvalue weighted by atomic mass is 10.1. The van der Waals surface area contributed by atoms with Crippen molar-refractivity contribution in [3.05, 3.63) is 35.6 Å². The molecule has 0 aliphatic rings. The third kappa shape index (κ3) is 6.34. The topological polar surface area (TPSA) is 21.3 Å². The normalized spacial score (nSPS) is 13.4. The highest BCUT2D eigenvalue weighted by molar-refractivity contribution is 5.20. The number of nitrogens with one attached hydrogen (secondary N) is 1. The van der Waals surface area contributed by atoms with E-state index in [2.05, 4.69) is 5.32 Å². The van der Waals surface area contributed by atoms with Crippen LogP contribution in [-0.4, -0.2) is 25.9 Å². The summed E-state index contributed by atoms with van der Waals surface area (Å²) in [6.45, 7) is 2.48. The lowest BCUT2D eigenvalue weighted by Gasteiger charge is -2.20. The lowest BCUT2D eigenvalue weighted by molar-refractivity contribution is -0.149. The molecule has 0 saturated carbocycles. The average molecular weight is 293 g/mol. The summed E-state index contributed by atoms with van der Waals surface area (Å²) >= 11 is 0. The zero-order valence-corrected chi connectivity index (χ0v) is 11.3. The molecule has 1 aromatic carbocycles. The molecule has 0 fully saturated rings. The fourth-order valence-electron chi connectivity index (χ4n) is 1.72. The van der Waals surface area contributed by atoms with Crippen LogP contribution >= 0.6 is 0 Å². The molecule has 0 radical (unpaired) electrons. The number of alkyl halides is 3. The lowest BCUT2D eigenvalue weighted by Crippen LogP contribution is -2.26. The van der Waals surface area contributed by atoms with Gasteiger partial charge in [0, 0.05) is 12.1 Å². The molecule has 0 aliphatic heterocycles. The molecule has 2 nitrogen and oxygen atoms in total. The summed E-state index contributed by atoms with van der Waals surface area (Å²) in [4.78, 5) is 0. The Bertz CT molecular complexity index is 395. The molecular formula is C14H19F4NO. The smallest absolute Gasteiger partial charge is 0.372 e. The second-order valence-corrected chi connectivity index (χ2v) is 4.45. The average Bonchev–Trinajstić information content (AvgIpc) is 2.37. The summed E-state index contributed by atoms with van der Waals surface area (Å²) in [6.07, 6.45) is -5.14. The summed E-state index contributed by atoms with van der Waals surface area (Å²) in [5.41, 5.74) is 0.276. The summed E-state index contributed by atoms with van der Waals surface area (Å²) in [5, 5.41) is 3.04. The Hall–Kier alpha value is -1.14. The third-order valence-electron chi connectivity index (χ3n) is 2.71. The van der Waals surface area contributed by atoms with Crippen molar-refractivity contribution in [2.75, 3.05) is 19.7 Å². The summed E-state index contributed by atoms with van der Waals surface area (Å²) in [5.74, 6) is -0.470. The molecule has 0 amide bonds. The Kier molecular flexibility index (Phi) is 6.95. The van der Waals surface area contributed by atoms with Gasteiger partial charge in [-0.2, -0.15) is 13.2 Å². The van der Waals surface area contributed by atoms with Gasteiger partial charge >= 0.3 is 6.18 Å².